The molecule has 4 atom stereocenters. The van der Waals surface area contributed by atoms with Gasteiger partial charge in [0.15, 0.2) is 8.32 Å². The van der Waals surface area contributed by atoms with Crippen molar-refractivity contribution in [3.05, 3.63) is 12.7 Å². The van der Waals surface area contributed by atoms with E-state index in [4.69, 9.17) is 13.9 Å². The van der Waals surface area contributed by atoms with Crippen molar-refractivity contribution < 1.29 is 13.9 Å². The molecular weight excluding hydrogens is 268 g/mol. The molecule has 116 valence electrons. The molecule has 3 nitrogen and oxygen atoms in total. The van der Waals surface area contributed by atoms with Crippen molar-refractivity contribution in [3.8, 4) is 0 Å². The molecule has 2 aliphatic rings. The Labute approximate surface area is 124 Å². The van der Waals surface area contributed by atoms with Crippen LogP contribution in [0.1, 0.15) is 40.0 Å². The van der Waals surface area contributed by atoms with E-state index in [-0.39, 0.29) is 29.5 Å². The van der Waals surface area contributed by atoms with Gasteiger partial charge in [-0.25, -0.2) is 0 Å². The molecule has 0 unspecified atom stereocenters. The highest BCUT2D eigenvalue weighted by Crippen LogP contribution is 2.40. The predicted octanol–water partition coefficient (Wildman–Crippen LogP) is 3.90. The van der Waals surface area contributed by atoms with Gasteiger partial charge in [0.2, 0.25) is 0 Å². The summed E-state index contributed by atoms with van der Waals surface area (Å²) in [5.74, 6) is 0. The van der Waals surface area contributed by atoms with Crippen LogP contribution in [-0.2, 0) is 13.9 Å². The first kappa shape index (κ1) is 16.2. The van der Waals surface area contributed by atoms with Crippen LogP contribution in [0.4, 0.5) is 0 Å². The Balaban J connectivity index is 2.07. The zero-order valence-corrected chi connectivity index (χ0v) is 14.6. The number of rotatable bonds is 3. The Hall–Kier alpha value is -0.163. The fraction of sp³-hybridized carbons (Fsp3) is 0.875. The van der Waals surface area contributed by atoms with Gasteiger partial charge in [-0.1, -0.05) is 26.8 Å². The van der Waals surface area contributed by atoms with E-state index in [1.54, 1.807) is 0 Å². The van der Waals surface area contributed by atoms with Crippen molar-refractivity contribution in [1.82, 2.24) is 0 Å². The van der Waals surface area contributed by atoms with E-state index in [1.165, 1.54) is 0 Å². The molecule has 0 aliphatic carbocycles. The minimum atomic E-state index is -1.79. The third kappa shape index (κ3) is 3.35. The molecule has 4 heteroatoms. The molecule has 0 radical (unpaired) electrons. The quantitative estimate of drug-likeness (QED) is 0.584. The van der Waals surface area contributed by atoms with Gasteiger partial charge in [-0.2, -0.15) is 0 Å². The second-order valence-corrected chi connectivity index (χ2v) is 12.3. The second kappa shape index (κ2) is 5.91. The van der Waals surface area contributed by atoms with Gasteiger partial charge in [0.25, 0.3) is 0 Å². The summed E-state index contributed by atoms with van der Waals surface area (Å²) in [6.07, 6.45) is 5.57. The molecule has 0 N–H and O–H groups in total. The first-order chi connectivity index (χ1) is 9.24. The average molecular weight is 298 g/mol. The zero-order valence-electron chi connectivity index (χ0n) is 13.6. The third-order valence-electron chi connectivity index (χ3n) is 5.03. The Morgan fingerprint density at radius 3 is 2.55 bits per heavy atom. The number of ether oxygens (including phenoxy) is 2. The van der Waals surface area contributed by atoms with Gasteiger partial charge in [-0.15, -0.1) is 6.58 Å². The van der Waals surface area contributed by atoms with Crippen molar-refractivity contribution in [2.75, 3.05) is 6.61 Å². The van der Waals surface area contributed by atoms with Crippen molar-refractivity contribution in [3.63, 3.8) is 0 Å². The highest BCUT2D eigenvalue weighted by atomic mass is 28.4. The van der Waals surface area contributed by atoms with E-state index in [2.05, 4.69) is 40.4 Å². The molecular formula is C16H30O3Si. The number of fused-ring (bicyclic) bond motifs is 1. The topological polar surface area (TPSA) is 27.7 Å². The molecule has 2 fully saturated rings. The van der Waals surface area contributed by atoms with Crippen LogP contribution < -0.4 is 0 Å². The van der Waals surface area contributed by atoms with Crippen LogP contribution in [0.3, 0.4) is 0 Å². The molecule has 0 aromatic heterocycles. The lowest BCUT2D eigenvalue weighted by molar-refractivity contribution is -0.185. The molecule has 0 saturated carbocycles. The van der Waals surface area contributed by atoms with Gasteiger partial charge < -0.3 is 13.9 Å². The van der Waals surface area contributed by atoms with Gasteiger partial charge >= 0.3 is 0 Å². The van der Waals surface area contributed by atoms with Crippen molar-refractivity contribution in [1.29, 1.82) is 0 Å². The summed E-state index contributed by atoms with van der Waals surface area (Å²) in [7, 11) is -1.79. The Kier molecular flexibility index (Phi) is 4.79. The molecule has 0 amide bonds. The van der Waals surface area contributed by atoms with Crippen LogP contribution in [-0.4, -0.2) is 39.3 Å². The maximum Gasteiger partial charge on any atom is 0.192 e. The van der Waals surface area contributed by atoms with Crippen LogP contribution >= 0.6 is 0 Å². The van der Waals surface area contributed by atoms with Crippen LogP contribution in [0.15, 0.2) is 12.7 Å². The Morgan fingerprint density at radius 2 is 1.95 bits per heavy atom. The highest BCUT2D eigenvalue weighted by molar-refractivity contribution is 6.74. The number of hydrogen-bond donors (Lipinski definition) is 0. The standard InChI is InChI=1S/C16H30O3Si/c1-7-12-15(19-20(5,6)16(2,3)4)11-14-13(18-12)9-8-10-17-14/h7,12-15H,1,8-11H2,2-6H3/t12-,13+,14-,15+/m1/s1. The maximum absolute atomic E-state index is 6.56. The summed E-state index contributed by atoms with van der Waals surface area (Å²) >= 11 is 0. The van der Waals surface area contributed by atoms with Crippen LogP contribution in [0.5, 0.6) is 0 Å². The van der Waals surface area contributed by atoms with E-state index >= 15 is 0 Å². The Morgan fingerprint density at radius 1 is 1.25 bits per heavy atom. The maximum atomic E-state index is 6.56. The summed E-state index contributed by atoms with van der Waals surface area (Å²) in [5, 5.41) is 0.211. The summed E-state index contributed by atoms with van der Waals surface area (Å²) in [6.45, 7) is 16.2. The first-order valence-corrected chi connectivity index (χ1v) is 10.7. The van der Waals surface area contributed by atoms with Crippen LogP contribution in [0, 0.1) is 0 Å². The molecule has 2 aliphatic heterocycles. The highest BCUT2D eigenvalue weighted by Gasteiger charge is 2.45. The lowest BCUT2D eigenvalue weighted by Crippen LogP contribution is -2.54. The Bertz CT molecular complexity index is 348. The molecule has 0 aromatic rings. The SMILES string of the molecule is C=C[C@H]1O[C@H]2CCCO[C@@H]2C[C@@H]1O[Si](C)(C)C(C)(C)C. The normalized spacial score (nSPS) is 35.5. The summed E-state index contributed by atoms with van der Waals surface area (Å²) in [4.78, 5) is 0. The third-order valence-corrected chi connectivity index (χ3v) is 9.53. The van der Waals surface area contributed by atoms with E-state index in [1.807, 2.05) is 6.08 Å². The van der Waals surface area contributed by atoms with Gasteiger partial charge in [0.1, 0.15) is 6.10 Å². The zero-order chi connectivity index (χ0) is 15.0. The fourth-order valence-corrected chi connectivity index (χ4v) is 4.06. The first-order valence-electron chi connectivity index (χ1n) is 7.82. The molecule has 2 rings (SSSR count). The summed E-state index contributed by atoms with van der Waals surface area (Å²) in [5.41, 5.74) is 0. The largest absolute Gasteiger partial charge is 0.411 e. The lowest BCUT2D eigenvalue weighted by Gasteiger charge is -2.47. The number of hydrogen-bond acceptors (Lipinski definition) is 3. The molecule has 0 aromatic carbocycles. The van der Waals surface area contributed by atoms with E-state index < -0.39 is 8.32 Å². The minimum absolute atomic E-state index is 0.00655. The van der Waals surface area contributed by atoms with Gasteiger partial charge in [0.05, 0.1) is 18.3 Å². The van der Waals surface area contributed by atoms with Crippen LogP contribution in [0.2, 0.25) is 18.1 Å². The van der Waals surface area contributed by atoms with Crippen LogP contribution in [0.25, 0.3) is 0 Å². The predicted molar refractivity (Wildman–Crippen MR) is 84.5 cm³/mol. The average Bonchev–Trinajstić information content (AvgIpc) is 2.36. The lowest BCUT2D eigenvalue weighted by atomic mass is 9.94. The van der Waals surface area contributed by atoms with Crippen molar-refractivity contribution in [2.24, 2.45) is 0 Å². The molecule has 2 saturated heterocycles. The van der Waals surface area contributed by atoms with Crippen molar-refractivity contribution in [2.45, 2.75) is 82.6 Å². The fourth-order valence-electron chi connectivity index (χ4n) is 2.72. The smallest absolute Gasteiger partial charge is 0.192 e. The van der Waals surface area contributed by atoms with E-state index in [0.29, 0.717) is 0 Å². The van der Waals surface area contributed by atoms with E-state index in [9.17, 15) is 0 Å². The summed E-state index contributed by atoms with van der Waals surface area (Å²) in [6, 6.07) is 0. The molecule has 0 spiro atoms. The molecule has 2 heterocycles. The van der Waals surface area contributed by atoms with Gasteiger partial charge in [-0.05, 0) is 31.0 Å². The van der Waals surface area contributed by atoms with Crippen molar-refractivity contribution >= 4 is 8.32 Å². The van der Waals surface area contributed by atoms with E-state index in [0.717, 1.165) is 25.9 Å². The summed E-state index contributed by atoms with van der Waals surface area (Å²) < 4.78 is 18.6. The minimum Gasteiger partial charge on any atom is -0.411 e. The molecule has 20 heavy (non-hydrogen) atoms. The monoisotopic (exact) mass is 298 g/mol. The molecule has 0 bridgehead atoms. The van der Waals surface area contributed by atoms with Gasteiger partial charge in [0, 0.05) is 13.0 Å². The second-order valence-electron chi connectivity index (χ2n) is 7.58. The van der Waals surface area contributed by atoms with Gasteiger partial charge in [-0.3, -0.25) is 0 Å².